The maximum atomic E-state index is 5.64. The average molecular weight is 247 g/mol. The summed E-state index contributed by atoms with van der Waals surface area (Å²) in [7, 11) is 0. The molecule has 6 nitrogen and oxygen atoms in total. The van der Waals surface area contributed by atoms with Crippen LogP contribution in [0.2, 0.25) is 0 Å². The summed E-state index contributed by atoms with van der Waals surface area (Å²) < 4.78 is 7.38. The first-order valence-electron chi connectivity index (χ1n) is 6.29. The molecule has 96 valence electrons. The van der Waals surface area contributed by atoms with E-state index in [1.54, 1.807) is 4.52 Å². The zero-order chi connectivity index (χ0) is 12.5. The van der Waals surface area contributed by atoms with Gasteiger partial charge in [-0.15, -0.1) is 0 Å². The zero-order valence-electron chi connectivity index (χ0n) is 10.4. The number of anilines is 1. The summed E-state index contributed by atoms with van der Waals surface area (Å²) in [4.78, 5) is 4.54. The fourth-order valence-corrected chi connectivity index (χ4v) is 2.30. The van der Waals surface area contributed by atoms with Crippen molar-refractivity contribution in [3.05, 3.63) is 23.5 Å². The molecular formula is C12H17N5O. The molecule has 0 saturated carbocycles. The van der Waals surface area contributed by atoms with Crippen molar-refractivity contribution < 1.29 is 4.74 Å². The van der Waals surface area contributed by atoms with Crippen molar-refractivity contribution in [2.45, 2.75) is 32.3 Å². The highest BCUT2D eigenvalue weighted by Crippen LogP contribution is 2.28. The normalized spacial score (nSPS) is 19.6. The lowest BCUT2D eigenvalue weighted by Gasteiger charge is -2.05. The van der Waals surface area contributed by atoms with Gasteiger partial charge in [0.1, 0.15) is 11.9 Å². The smallest absolute Gasteiger partial charge is 0.158 e. The van der Waals surface area contributed by atoms with Gasteiger partial charge in [0.05, 0.1) is 5.69 Å². The number of aryl methyl sites for hydroxylation is 1. The first-order chi connectivity index (χ1) is 8.81. The van der Waals surface area contributed by atoms with Gasteiger partial charge in [-0.3, -0.25) is 0 Å². The minimum Gasteiger partial charge on any atom is -0.372 e. The van der Waals surface area contributed by atoms with Crippen LogP contribution in [-0.2, 0) is 11.2 Å². The lowest BCUT2D eigenvalue weighted by Crippen LogP contribution is -2.13. The summed E-state index contributed by atoms with van der Waals surface area (Å²) in [6.07, 6.45) is 3.08. The number of rotatable bonds is 3. The molecule has 1 atom stereocenters. The molecule has 1 unspecified atom stereocenters. The number of aromatic nitrogens is 3. The van der Waals surface area contributed by atoms with Gasteiger partial charge in [0, 0.05) is 24.4 Å². The van der Waals surface area contributed by atoms with Crippen LogP contribution in [0, 0.1) is 0 Å². The third kappa shape index (κ3) is 1.83. The fraction of sp³-hybridized carbons (Fsp3) is 0.500. The second kappa shape index (κ2) is 4.55. The topological polar surface area (TPSA) is 77.5 Å². The Morgan fingerprint density at radius 3 is 3.11 bits per heavy atom. The monoisotopic (exact) mass is 247 g/mol. The summed E-state index contributed by atoms with van der Waals surface area (Å²) in [6, 6.07) is 3.90. The van der Waals surface area contributed by atoms with Crippen molar-refractivity contribution in [1.82, 2.24) is 14.6 Å². The maximum absolute atomic E-state index is 5.64. The molecule has 0 spiro atoms. The molecule has 2 aromatic heterocycles. The minimum absolute atomic E-state index is 0.0994. The molecule has 3 heterocycles. The van der Waals surface area contributed by atoms with Crippen LogP contribution in [0.1, 0.15) is 37.3 Å². The molecule has 1 aliphatic rings. The lowest BCUT2D eigenvalue weighted by molar-refractivity contribution is 0.108. The molecule has 3 N–H and O–H groups in total. The molecule has 1 aliphatic heterocycles. The molecule has 3 rings (SSSR count). The lowest BCUT2D eigenvalue weighted by atomic mass is 10.2. The molecule has 0 aliphatic carbocycles. The first kappa shape index (κ1) is 11.4. The van der Waals surface area contributed by atoms with Crippen LogP contribution < -0.4 is 11.3 Å². The number of hydrogen-bond acceptors (Lipinski definition) is 5. The number of hydrazine groups is 1. The Balaban J connectivity index is 2.09. The van der Waals surface area contributed by atoms with E-state index in [2.05, 4.69) is 22.4 Å². The predicted molar refractivity (Wildman–Crippen MR) is 68.1 cm³/mol. The largest absolute Gasteiger partial charge is 0.372 e. The van der Waals surface area contributed by atoms with Crippen molar-refractivity contribution in [3.8, 4) is 0 Å². The number of nitrogens with two attached hydrogens (primary N) is 1. The van der Waals surface area contributed by atoms with Crippen LogP contribution in [0.25, 0.3) is 5.65 Å². The zero-order valence-corrected chi connectivity index (χ0v) is 10.4. The van der Waals surface area contributed by atoms with E-state index in [1.165, 1.54) is 0 Å². The summed E-state index contributed by atoms with van der Waals surface area (Å²) in [6.45, 7) is 2.88. The van der Waals surface area contributed by atoms with E-state index in [0.29, 0.717) is 0 Å². The molecule has 0 amide bonds. The fourth-order valence-electron chi connectivity index (χ4n) is 2.30. The molecule has 1 saturated heterocycles. The third-order valence-corrected chi connectivity index (χ3v) is 3.27. The van der Waals surface area contributed by atoms with E-state index in [0.717, 1.165) is 48.7 Å². The Morgan fingerprint density at radius 2 is 2.44 bits per heavy atom. The first-order valence-corrected chi connectivity index (χ1v) is 6.29. The van der Waals surface area contributed by atoms with Gasteiger partial charge in [0.2, 0.25) is 0 Å². The molecule has 1 fully saturated rings. The predicted octanol–water partition coefficient (Wildman–Crippen LogP) is 1.43. The van der Waals surface area contributed by atoms with Gasteiger partial charge in [-0.1, -0.05) is 6.92 Å². The second-order valence-electron chi connectivity index (χ2n) is 4.47. The number of nitrogen functional groups attached to an aromatic ring is 1. The highest BCUT2D eigenvalue weighted by atomic mass is 16.5. The van der Waals surface area contributed by atoms with Crippen molar-refractivity contribution in [2.75, 3.05) is 12.0 Å². The highest BCUT2D eigenvalue weighted by Gasteiger charge is 2.21. The van der Waals surface area contributed by atoms with Gasteiger partial charge in [0.15, 0.2) is 5.65 Å². The molecular weight excluding hydrogens is 230 g/mol. The molecule has 0 bridgehead atoms. The Morgan fingerprint density at radius 1 is 1.56 bits per heavy atom. The van der Waals surface area contributed by atoms with E-state index in [9.17, 15) is 0 Å². The molecule has 6 heteroatoms. The number of hydrogen-bond donors (Lipinski definition) is 2. The summed E-state index contributed by atoms with van der Waals surface area (Å²) in [5.74, 6) is 6.28. The standard InChI is InChI=1S/C12H17N5O/c1-2-8-6-12(15-13)17-11(14-8)7-9(16-17)10-4-3-5-18-10/h6-7,10,15H,2-5,13H2,1H3. The van der Waals surface area contributed by atoms with Crippen molar-refractivity contribution >= 4 is 11.5 Å². The van der Waals surface area contributed by atoms with Crippen LogP contribution in [0.15, 0.2) is 12.1 Å². The number of fused-ring (bicyclic) bond motifs is 1. The van der Waals surface area contributed by atoms with E-state index in [-0.39, 0.29) is 6.10 Å². The Hall–Kier alpha value is -1.66. The highest BCUT2D eigenvalue weighted by molar-refractivity contribution is 5.50. The molecule has 18 heavy (non-hydrogen) atoms. The van der Waals surface area contributed by atoms with Gasteiger partial charge in [-0.05, 0) is 19.3 Å². The summed E-state index contributed by atoms with van der Waals surface area (Å²) in [5, 5.41) is 4.53. The Bertz CT molecular complexity index is 559. The molecule has 0 aromatic carbocycles. The van der Waals surface area contributed by atoms with E-state index >= 15 is 0 Å². The van der Waals surface area contributed by atoms with Crippen LogP contribution in [0.3, 0.4) is 0 Å². The average Bonchev–Trinajstić information content (AvgIpc) is 3.05. The van der Waals surface area contributed by atoms with Crippen molar-refractivity contribution in [2.24, 2.45) is 5.84 Å². The van der Waals surface area contributed by atoms with Gasteiger partial charge in [-0.25, -0.2) is 10.8 Å². The van der Waals surface area contributed by atoms with Crippen LogP contribution in [0.5, 0.6) is 0 Å². The summed E-state index contributed by atoms with van der Waals surface area (Å²) >= 11 is 0. The maximum Gasteiger partial charge on any atom is 0.158 e. The van der Waals surface area contributed by atoms with E-state index < -0.39 is 0 Å². The van der Waals surface area contributed by atoms with Gasteiger partial charge in [-0.2, -0.15) is 9.61 Å². The van der Waals surface area contributed by atoms with Gasteiger partial charge >= 0.3 is 0 Å². The number of nitrogens with one attached hydrogen (secondary N) is 1. The second-order valence-corrected chi connectivity index (χ2v) is 4.47. The van der Waals surface area contributed by atoms with Gasteiger partial charge < -0.3 is 10.2 Å². The summed E-state index contributed by atoms with van der Waals surface area (Å²) in [5.41, 5.74) is 5.41. The van der Waals surface area contributed by atoms with Crippen molar-refractivity contribution in [3.63, 3.8) is 0 Å². The number of ether oxygens (including phenoxy) is 1. The van der Waals surface area contributed by atoms with Gasteiger partial charge in [0.25, 0.3) is 0 Å². The molecule has 2 aromatic rings. The molecule has 0 radical (unpaired) electrons. The SMILES string of the molecule is CCc1cc(NN)n2nc(C3CCCO3)cc2n1. The minimum atomic E-state index is 0.0994. The quantitative estimate of drug-likeness (QED) is 0.633. The van der Waals surface area contributed by atoms with E-state index in [1.807, 2.05) is 12.1 Å². The Labute approximate surface area is 105 Å². The van der Waals surface area contributed by atoms with Crippen molar-refractivity contribution in [1.29, 1.82) is 0 Å². The van der Waals surface area contributed by atoms with Crippen LogP contribution in [-0.4, -0.2) is 21.2 Å². The Kier molecular flexibility index (Phi) is 2.89. The van der Waals surface area contributed by atoms with Crippen LogP contribution >= 0.6 is 0 Å². The van der Waals surface area contributed by atoms with Crippen LogP contribution in [0.4, 0.5) is 5.82 Å². The third-order valence-electron chi connectivity index (χ3n) is 3.27. The number of nitrogens with zero attached hydrogens (tertiary/aromatic N) is 3. The van der Waals surface area contributed by atoms with E-state index in [4.69, 9.17) is 10.6 Å².